The number of carbonyl (C=O) groups is 1. The second-order valence-electron chi connectivity index (χ2n) is 8.50. The summed E-state index contributed by atoms with van der Waals surface area (Å²) in [6.45, 7) is 0. The van der Waals surface area contributed by atoms with Gasteiger partial charge in [0, 0.05) is 5.56 Å². The molecule has 0 saturated carbocycles. The van der Waals surface area contributed by atoms with Crippen molar-refractivity contribution in [1.82, 2.24) is 9.66 Å². The number of rotatable bonds is 6. The number of hydrogen-bond donors (Lipinski definition) is 1. The topological polar surface area (TPSA) is 120 Å². The van der Waals surface area contributed by atoms with E-state index in [1.165, 1.54) is 18.3 Å². The Bertz CT molecular complexity index is 1980. The summed E-state index contributed by atoms with van der Waals surface area (Å²) in [6, 6.07) is 22.0. The van der Waals surface area contributed by atoms with Crippen molar-refractivity contribution < 1.29 is 23.5 Å². The van der Waals surface area contributed by atoms with Gasteiger partial charge < -0.3 is 18.7 Å². The lowest BCUT2D eigenvalue weighted by Gasteiger charge is -2.06. The van der Waals surface area contributed by atoms with E-state index in [-0.39, 0.29) is 22.0 Å². The maximum absolute atomic E-state index is 13.5. The summed E-state index contributed by atoms with van der Waals surface area (Å²) >= 11 is 6.10. The van der Waals surface area contributed by atoms with E-state index in [4.69, 9.17) is 25.2 Å². The number of ether oxygens (including phenoxy) is 1. The molecule has 192 valence electrons. The molecule has 9 nitrogen and oxygen atoms in total. The van der Waals surface area contributed by atoms with Gasteiger partial charge in [-0.25, -0.2) is 9.78 Å². The van der Waals surface area contributed by atoms with E-state index in [9.17, 15) is 14.7 Å². The maximum atomic E-state index is 13.5. The van der Waals surface area contributed by atoms with Gasteiger partial charge in [-0.05, 0) is 54.6 Å². The highest BCUT2D eigenvalue weighted by Gasteiger charge is 2.18. The number of carboxylic acids is 1. The summed E-state index contributed by atoms with van der Waals surface area (Å²) in [5.41, 5.74) is 1.27. The molecule has 3 aromatic heterocycles. The minimum atomic E-state index is -1.12. The van der Waals surface area contributed by atoms with Crippen LogP contribution in [0.3, 0.4) is 0 Å². The van der Waals surface area contributed by atoms with Crippen LogP contribution in [0.15, 0.2) is 97.6 Å². The van der Waals surface area contributed by atoms with Crippen LogP contribution in [0.1, 0.15) is 16.1 Å². The maximum Gasteiger partial charge on any atom is 0.337 e. The SMILES string of the molecule is COc1cccc2oc(-c3nc4ccccc4c(=O)n3N=Cc3ccc(-c4ccc(C(=O)O)c(Cl)c4)o3)cc12. The fourth-order valence-electron chi connectivity index (χ4n) is 4.25. The molecule has 6 aromatic rings. The average molecular weight is 540 g/mol. The number of nitrogens with zero attached hydrogens (tertiary/aromatic N) is 3. The monoisotopic (exact) mass is 539 g/mol. The molecule has 6 rings (SSSR count). The quantitative estimate of drug-likeness (QED) is 0.246. The summed E-state index contributed by atoms with van der Waals surface area (Å²) < 4.78 is 18.5. The number of hydrogen-bond acceptors (Lipinski definition) is 7. The fraction of sp³-hybridized carbons (Fsp3) is 0.0345. The first-order valence-corrected chi connectivity index (χ1v) is 12.1. The molecule has 39 heavy (non-hydrogen) atoms. The molecule has 3 aromatic carbocycles. The van der Waals surface area contributed by atoms with Crippen molar-refractivity contribution >= 4 is 45.7 Å². The molecule has 0 radical (unpaired) electrons. The number of halogens is 1. The Morgan fingerprint density at radius 2 is 1.85 bits per heavy atom. The lowest BCUT2D eigenvalue weighted by atomic mass is 10.1. The summed E-state index contributed by atoms with van der Waals surface area (Å²) in [7, 11) is 1.57. The third-order valence-electron chi connectivity index (χ3n) is 6.13. The molecule has 3 heterocycles. The third kappa shape index (κ3) is 4.34. The van der Waals surface area contributed by atoms with Crippen molar-refractivity contribution in [3.8, 4) is 28.7 Å². The Morgan fingerprint density at radius 1 is 1.00 bits per heavy atom. The predicted molar refractivity (Wildman–Crippen MR) is 147 cm³/mol. The van der Waals surface area contributed by atoms with Gasteiger partial charge in [0.25, 0.3) is 5.56 Å². The zero-order chi connectivity index (χ0) is 27.1. The highest BCUT2D eigenvalue weighted by Crippen LogP contribution is 2.33. The second kappa shape index (κ2) is 9.62. The molecule has 0 fully saturated rings. The lowest BCUT2D eigenvalue weighted by molar-refractivity contribution is 0.0697. The number of methoxy groups -OCH3 is 1. The Labute approximate surface area is 225 Å². The van der Waals surface area contributed by atoms with Crippen LogP contribution >= 0.6 is 11.6 Å². The van der Waals surface area contributed by atoms with Crippen molar-refractivity contribution in [3.05, 3.63) is 106 Å². The van der Waals surface area contributed by atoms with Gasteiger partial charge in [0.15, 0.2) is 5.76 Å². The predicted octanol–water partition coefficient (Wildman–Crippen LogP) is 6.31. The summed E-state index contributed by atoms with van der Waals surface area (Å²) in [5, 5.41) is 14.8. The van der Waals surface area contributed by atoms with E-state index >= 15 is 0 Å². The molecule has 10 heteroatoms. The van der Waals surface area contributed by atoms with Gasteiger partial charge in [0.2, 0.25) is 5.82 Å². The van der Waals surface area contributed by atoms with Crippen molar-refractivity contribution in [2.75, 3.05) is 7.11 Å². The zero-order valence-electron chi connectivity index (χ0n) is 20.3. The molecule has 0 spiro atoms. The Kier molecular flexibility index (Phi) is 5.97. The van der Waals surface area contributed by atoms with Gasteiger partial charge in [-0.3, -0.25) is 4.79 Å². The summed E-state index contributed by atoms with van der Waals surface area (Å²) in [4.78, 5) is 29.4. The smallest absolute Gasteiger partial charge is 0.337 e. The molecule has 0 saturated heterocycles. The molecule has 0 aliphatic heterocycles. The van der Waals surface area contributed by atoms with Crippen LogP contribution in [-0.2, 0) is 0 Å². The highest BCUT2D eigenvalue weighted by atomic mass is 35.5. The van der Waals surface area contributed by atoms with Crippen molar-refractivity contribution in [3.63, 3.8) is 0 Å². The molecule has 1 N–H and O–H groups in total. The number of para-hydroxylation sites is 1. The van der Waals surface area contributed by atoms with Crippen LogP contribution in [0.4, 0.5) is 0 Å². The van der Waals surface area contributed by atoms with E-state index in [0.29, 0.717) is 45.1 Å². The molecule has 0 aliphatic carbocycles. The van der Waals surface area contributed by atoms with Gasteiger partial charge >= 0.3 is 5.97 Å². The largest absolute Gasteiger partial charge is 0.496 e. The first-order valence-electron chi connectivity index (χ1n) is 11.7. The minimum absolute atomic E-state index is 0.00678. The van der Waals surface area contributed by atoms with Crippen LogP contribution < -0.4 is 10.3 Å². The standard InChI is InChI=1S/C29H18ClN3O6/c1-37-24-7-4-8-25-20(24)14-26(39-25)27-32-22-6-3-2-5-19(22)28(34)33(27)31-15-17-10-12-23(38-17)16-9-11-18(29(35)36)21(30)13-16/h2-15H,1H3,(H,35,36). The van der Waals surface area contributed by atoms with E-state index < -0.39 is 5.97 Å². The van der Waals surface area contributed by atoms with E-state index in [1.54, 1.807) is 61.7 Å². The van der Waals surface area contributed by atoms with Crippen molar-refractivity contribution in [2.45, 2.75) is 0 Å². The lowest BCUT2D eigenvalue weighted by Crippen LogP contribution is -2.20. The Balaban J connectivity index is 1.44. The van der Waals surface area contributed by atoms with Gasteiger partial charge in [-0.1, -0.05) is 35.9 Å². The van der Waals surface area contributed by atoms with Crippen molar-refractivity contribution in [2.24, 2.45) is 5.10 Å². The molecule has 0 atom stereocenters. The summed E-state index contributed by atoms with van der Waals surface area (Å²) in [6.07, 6.45) is 1.39. The zero-order valence-corrected chi connectivity index (χ0v) is 21.0. The minimum Gasteiger partial charge on any atom is -0.496 e. The van der Waals surface area contributed by atoms with Gasteiger partial charge in [-0.15, -0.1) is 0 Å². The van der Waals surface area contributed by atoms with Crippen LogP contribution in [0, 0.1) is 0 Å². The first kappa shape index (κ1) is 24.2. The van der Waals surface area contributed by atoms with E-state index in [0.717, 1.165) is 10.1 Å². The second-order valence-corrected chi connectivity index (χ2v) is 8.91. The Hall–Kier alpha value is -5.15. The number of carboxylic acid groups (broad SMARTS) is 1. The van der Waals surface area contributed by atoms with Gasteiger partial charge in [-0.2, -0.15) is 9.78 Å². The van der Waals surface area contributed by atoms with Gasteiger partial charge in [0.1, 0.15) is 22.9 Å². The highest BCUT2D eigenvalue weighted by molar-refractivity contribution is 6.33. The normalized spacial score (nSPS) is 11.5. The van der Waals surface area contributed by atoms with E-state index in [2.05, 4.69) is 10.1 Å². The Morgan fingerprint density at radius 3 is 2.64 bits per heavy atom. The molecule has 0 unspecified atom stereocenters. The van der Waals surface area contributed by atoms with Gasteiger partial charge in [0.05, 0.1) is 40.2 Å². The summed E-state index contributed by atoms with van der Waals surface area (Å²) in [5.74, 6) is 0.843. The molecular formula is C29H18ClN3O6. The number of aromatic nitrogens is 2. The average Bonchev–Trinajstić information content (AvgIpc) is 3.59. The molecule has 0 amide bonds. The third-order valence-corrected chi connectivity index (χ3v) is 6.44. The van der Waals surface area contributed by atoms with Crippen LogP contribution in [0.2, 0.25) is 5.02 Å². The number of aromatic carboxylic acids is 1. The number of fused-ring (bicyclic) bond motifs is 2. The van der Waals surface area contributed by atoms with Crippen molar-refractivity contribution in [1.29, 1.82) is 0 Å². The number of benzene rings is 3. The van der Waals surface area contributed by atoms with Crippen LogP contribution in [0.5, 0.6) is 5.75 Å². The molecule has 0 bridgehead atoms. The molecule has 0 aliphatic rings. The van der Waals surface area contributed by atoms with E-state index in [1.807, 2.05) is 12.1 Å². The fourth-order valence-corrected chi connectivity index (χ4v) is 4.51. The molecular weight excluding hydrogens is 522 g/mol. The first-order chi connectivity index (χ1) is 18.9. The van der Waals surface area contributed by atoms with Crippen LogP contribution in [-0.4, -0.2) is 34.1 Å². The van der Waals surface area contributed by atoms with Crippen LogP contribution in [0.25, 0.3) is 44.8 Å². The number of furan rings is 2.